The third-order valence-electron chi connectivity index (χ3n) is 5.25. The summed E-state index contributed by atoms with van der Waals surface area (Å²) in [5, 5.41) is 14.7. The molecule has 2 aromatic carbocycles. The van der Waals surface area contributed by atoms with Crippen molar-refractivity contribution in [2.45, 2.75) is 38.8 Å². The maximum Gasteiger partial charge on any atom is 0.234 e. The summed E-state index contributed by atoms with van der Waals surface area (Å²) in [4.78, 5) is 14.3. The van der Waals surface area contributed by atoms with Crippen molar-refractivity contribution in [3.8, 4) is 5.75 Å². The molecule has 0 saturated carbocycles. The van der Waals surface area contributed by atoms with E-state index < -0.39 is 5.60 Å². The number of carbonyl (C=O) groups excluding carboxylic acids is 1. The molecule has 6 heteroatoms. The average molecular weight is 417 g/mol. The molecule has 5 nitrogen and oxygen atoms in total. The number of carbonyl (C=O) groups is 1. The lowest BCUT2D eigenvalue weighted by molar-refractivity contribution is -0.124. The number of aryl methyl sites for hydroxylation is 2. The smallest absolute Gasteiger partial charge is 0.234 e. The number of benzene rings is 2. The maximum atomic E-state index is 12.3. The van der Waals surface area contributed by atoms with Gasteiger partial charge in [-0.15, -0.1) is 0 Å². The van der Waals surface area contributed by atoms with Gasteiger partial charge in [0.25, 0.3) is 0 Å². The summed E-state index contributed by atoms with van der Waals surface area (Å²) < 4.78 is 5.89. The fourth-order valence-electron chi connectivity index (χ4n) is 3.72. The number of piperidine rings is 1. The third kappa shape index (κ3) is 6.20. The van der Waals surface area contributed by atoms with Crippen molar-refractivity contribution in [3.63, 3.8) is 0 Å². The number of halogens is 1. The average Bonchev–Trinajstić information content (AvgIpc) is 2.70. The first kappa shape index (κ1) is 21.6. The Labute approximate surface area is 177 Å². The molecule has 0 bridgehead atoms. The molecular weight excluding hydrogens is 388 g/mol. The van der Waals surface area contributed by atoms with Gasteiger partial charge in [-0.2, -0.15) is 0 Å². The summed E-state index contributed by atoms with van der Waals surface area (Å²) in [6.07, 6.45) is 1.48. The quantitative estimate of drug-likeness (QED) is 0.725. The molecular formula is C23H29ClN2O3. The number of ether oxygens (including phenoxy) is 1. The van der Waals surface area contributed by atoms with Crippen molar-refractivity contribution >= 4 is 17.5 Å². The minimum Gasteiger partial charge on any atom is -0.491 e. The highest BCUT2D eigenvalue weighted by Gasteiger charge is 2.34. The van der Waals surface area contributed by atoms with E-state index >= 15 is 0 Å². The second-order valence-corrected chi connectivity index (χ2v) is 8.34. The van der Waals surface area contributed by atoms with Crippen LogP contribution in [0.5, 0.6) is 5.75 Å². The number of nitrogens with one attached hydrogen (secondary N) is 1. The molecule has 29 heavy (non-hydrogen) atoms. The fraction of sp³-hybridized carbons (Fsp3) is 0.435. The van der Waals surface area contributed by atoms with Gasteiger partial charge in [0.2, 0.25) is 5.91 Å². The van der Waals surface area contributed by atoms with Crippen molar-refractivity contribution in [1.29, 1.82) is 0 Å². The van der Waals surface area contributed by atoms with Crippen LogP contribution in [0.4, 0.5) is 0 Å². The summed E-state index contributed by atoms with van der Waals surface area (Å²) in [5.74, 6) is 0.665. The van der Waals surface area contributed by atoms with E-state index in [1.807, 2.05) is 61.2 Å². The molecule has 0 aliphatic carbocycles. The molecule has 1 atom stereocenters. The highest BCUT2D eigenvalue weighted by molar-refractivity contribution is 6.32. The molecule has 1 aliphatic heterocycles. The lowest BCUT2D eigenvalue weighted by Crippen LogP contribution is -2.53. The SMILES string of the molecule is Cc1cc(OC[C@]2(O)CCCN(CC(=O)NCc3ccccc3)C2)cc(C)c1Cl. The second kappa shape index (κ2) is 9.61. The standard InChI is InChI=1S/C23H29ClN2O3/c1-17-11-20(12-18(2)22(17)24)29-16-23(28)9-6-10-26(15-23)14-21(27)25-13-19-7-4-3-5-8-19/h3-5,7-8,11-12,28H,6,9-10,13-16H2,1-2H3,(H,25,27)/t23-/m0/s1. The van der Waals surface area contributed by atoms with E-state index in [1.54, 1.807) is 0 Å². The van der Waals surface area contributed by atoms with E-state index in [0.717, 1.165) is 34.7 Å². The van der Waals surface area contributed by atoms with Crippen molar-refractivity contribution < 1.29 is 14.6 Å². The number of β-amino-alcohol motifs (C(OH)–C–C–N with tert-alkyl or cyclic N) is 1. The van der Waals surface area contributed by atoms with Crippen molar-refractivity contribution in [3.05, 3.63) is 64.2 Å². The Bertz CT molecular complexity index is 820. The zero-order valence-corrected chi connectivity index (χ0v) is 17.8. The Hall–Kier alpha value is -2.08. The molecule has 0 aromatic heterocycles. The van der Waals surface area contributed by atoms with Gasteiger partial charge < -0.3 is 15.2 Å². The second-order valence-electron chi connectivity index (χ2n) is 7.96. The Balaban J connectivity index is 1.50. The lowest BCUT2D eigenvalue weighted by Gasteiger charge is -2.38. The summed E-state index contributed by atoms with van der Waals surface area (Å²) in [6.45, 7) is 6.05. The van der Waals surface area contributed by atoms with Gasteiger partial charge >= 0.3 is 0 Å². The van der Waals surface area contributed by atoms with Crippen molar-refractivity contribution in [1.82, 2.24) is 10.2 Å². The molecule has 2 N–H and O–H groups in total. The van der Waals surface area contributed by atoms with Crippen LogP contribution >= 0.6 is 11.6 Å². The fourth-order valence-corrected chi connectivity index (χ4v) is 3.83. The number of amides is 1. The number of hydrogen-bond donors (Lipinski definition) is 2. The van der Waals surface area contributed by atoms with Gasteiger partial charge in [-0.05, 0) is 62.1 Å². The minimum atomic E-state index is -0.973. The van der Waals surface area contributed by atoms with Crippen LogP contribution in [0.3, 0.4) is 0 Å². The normalized spacial score (nSPS) is 19.7. The van der Waals surface area contributed by atoms with E-state index in [4.69, 9.17) is 16.3 Å². The van der Waals surface area contributed by atoms with Crippen LogP contribution < -0.4 is 10.1 Å². The zero-order chi connectivity index (χ0) is 20.9. The summed E-state index contributed by atoms with van der Waals surface area (Å²) in [7, 11) is 0. The number of likely N-dealkylation sites (tertiary alicyclic amines) is 1. The minimum absolute atomic E-state index is 0.0389. The molecule has 2 aromatic rings. The summed E-state index contributed by atoms with van der Waals surface area (Å²) >= 11 is 6.21. The van der Waals surface area contributed by atoms with E-state index in [-0.39, 0.29) is 19.1 Å². The van der Waals surface area contributed by atoms with E-state index in [2.05, 4.69) is 5.32 Å². The molecule has 0 radical (unpaired) electrons. The zero-order valence-electron chi connectivity index (χ0n) is 17.1. The van der Waals surface area contributed by atoms with Gasteiger partial charge in [0.05, 0.1) is 6.54 Å². The van der Waals surface area contributed by atoms with Gasteiger partial charge in [-0.25, -0.2) is 0 Å². The van der Waals surface area contributed by atoms with Crippen LogP contribution in [0.25, 0.3) is 0 Å². The van der Waals surface area contributed by atoms with Crippen LogP contribution in [0.1, 0.15) is 29.5 Å². The number of aliphatic hydroxyl groups is 1. The van der Waals surface area contributed by atoms with Crippen LogP contribution in [0.2, 0.25) is 5.02 Å². The van der Waals surface area contributed by atoms with Crippen molar-refractivity contribution in [2.75, 3.05) is 26.2 Å². The third-order valence-corrected chi connectivity index (χ3v) is 5.85. The molecule has 1 amide bonds. The van der Waals surface area contributed by atoms with Gasteiger partial charge in [-0.3, -0.25) is 9.69 Å². The van der Waals surface area contributed by atoms with E-state index in [9.17, 15) is 9.90 Å². The number of rotatable bonds is 7. The molecule has 0 unspecified atom stereocenters. The van der Waals surface area contributed by atoms with Crippen molar-refractivity contribution in [2.24, 2.45) is 0 Å². The summed E-state index contributed by atoms with van der Waals surface area (Å²) in [5.41, 5.74) is 2.00. The molecule has 156 valence electrons. The molecule has 1 fully saturated rings. The van der Waals surface area contributed by atoms with E-state index in [0.29, 0.717) is 25.3 Å². The monoisotopic (exact) mass is 416 g/mol. The Morgan fingerprint density at radius 3 is 2.62 bits per heavy atom. The highest BCUT2D eigenvalue weighted by Crippen LogP contribution is 2.28. The molecule has 1 heterocycles. The van der Waals surface area contributed by atoms with E-state index in [1.165, 1.54) is 0 Å². The van der Waals surface area contributed by atoms with Gasteiger partial charge in [0.15, 0.2) is 0 Å². The lowest BCUT2D eigenvalue weighted by atomic mass is 9.93. The predicted octanol–water partition coefficient (Wildman–Crippen LogP) is 3.48. The Morgan fingerprint density at radius 1 is 1.24 bits per heavy atom. The van der Waals surface area contributed by atoms with Gasteiger partial charge in [0, 0.05) is 18.1 Å². The Morgan fingerprint density at radius 2 is 1.93 bits per heavy atom. The maximum absolute atomic E-state index is 12.3. The largest absolute Gasteiger partial charge is 0.491 e. The van der Waals surface area contributed by atoms with Gasteiger partial charge in [0.1, 0.15) is 18.0 Å². The molecule has 3 rings (SSSR count). The molecule has 1 aliphatic rings. The summed E-state index contributed by atoms with van der Waals surface area (Å²) in [6, 6.07) is 13.6. The van der Waals surface area contributed by atoms with Gasteiger partial charge in [-0.1, -0.05) is 41.9 Å². The van der Waals surface area contributed by atoms with Crippen LogP contribution in [0.15, 0.2) is 42.5 Å². The number of hydrogen-bond acceptors (Lipinski definition) is 4. The molecule has 0 spiro atoms. The number of nitrogens with zero attached hydrogens (tertiary/aromatic N) is 1. The first-order valence-corrected chi connectivity index (χ1v) is 10.4. The van der Waals surface area contributed by atoms with Crippen LogP contribution in [-0.2, 0) is 11.3 Å². The highest BCUT2D eigenvalue weighted by atomic mass is 35.5. The first-order valence-electron chi connectivity index (χ1n) is 9.99. The molecule has 1 saturated heterocycles. The predicted molar refractivity (Wildman–Crippen MR) is 115 cm³/mol. The van der Waals surface area contributed by atoms with Crippen LogP contribution in [0, 0.1) is 13.8 Å². The Kier molecular flexibility index (Phi) is 7.17. The first-order chi connectivity index (χ1) is 13.8. The van der Waals surface area contributed by atoms with Crippen LogP contribution in [-0.4, -0.2) is 47.8 Å². The topological polar surface area (TPSA) is 61.8 Å².